The van der Waals surface area contributed by atoms with Crippen molar-refractivity contribution in [3.63, 3.8) is 0 Å². The minimum Gasteiger partial charge on any atom is -0.507 e. The maximum Gasteiger partial charge on any atom is 0.342 e. The van der Waals surface area contributed by atoms with E-state index in [0.29, 0.717) is 0 Å². The molecule has 2 aromatic rings. The molecule has 0 atom stereocenters. The lowest BCUT2D eigenvalue weighted by Gasteiger charge is -2.16. The standard InChI is InChI=1S/C15H13N3O8/c1-4-3-6(18(25)26)5(2)7(11(4)19)8-9(14(21)22)12(16)17-13(20)10(8)15(23)24/h3,19H,1-2H3,(H,21,22)(H,23,24)(H3,16,17,20). The molecule has 11 nitrogen and oxygen atoms in total. The minimum absolute atomic E-state index is 0.0103. The molecule has 0 saturated carbocycles. The lowest BCUT2D eigenvalue weighted by atomic mass is 9.89. The zero-order chi connectivity index (χ0) is 19.9. The number of carbonyl (C=O) groups is 2. The van der Waals surface area contributed by atoms with Gasteiger partial charge in [-0.15, -0.1) is 0 Å². The Balaban J connectivity index is 3.21. The number of aromatic hydroxyl groups is 1. The number of carboxylic acid groups (broad SMARTS) is 2. The monoisotopic (exact) mass is 363 g/mol. The number of phenolic OH excluding ortho intramolecular Hbond substituents is 1. The van der Waals surface area contributed by atoms with Crippen LogP contribution >= 0.6 is 0 Å². The molecule has 0 aliphatic carbocycles. The normalized spacial score (nSPS) is 10.5. The highest BCUT2D eigenvalue weighted by molar-refractivity contribution is 6.08. The number of aromatic carboxylic acids is 2. The molecule has 1 heterocycles. The van der Waals surface area contributed by atoms with E-state index in [4.69, 9.17) is 5.73 Å². The molecule has 0 aliphatic rings. The van der Waals surface area contributed by atoms with Gasteiger partial charge in [0.1, 0.15) is 22.7 Å². The van der Waals surface area contributed by atoms with Crippen molar-refractivity contribution >= 4 is 23.4 Å². The summed E-state index contributed by atoms with van der Waals surface area (Å²) in [6.07, 6.45) is 0. The van der Waals surface area contributed by atoms with E-state index in [-0.39, 0.29) is 11.1 Å². The molecule has 0 amide bonds. The lowest BCUT2D eigenvalue weighted by molar-refractivity contribution is -0.385. The van der Waals surface area contributed by atoms with Crippen molar-refractivity contribution in [2.24, 2.45) is 0 Å². The second-order valence-corrected chi connectivity index (χ2v) is 5.42. The Morgan fingerprint density at radius 1 is 1.15 bits per heavy atom. The fourth-order valence-corrected chi connectivity index (χ4v) is 2.68. The number of nitro benzene ring substituents is 1. The first kappa shape index (κ1) is 18.4. The Labute approximate surface area is 144 Å². The molecule has 0 radical (unpaired) electrons. The van der Waals surface area contributed by atoms with E-state index in [0.717, 1.165) is 6.07 Å². The van der Waals surface area contributed by atoms with Crippen LogP contribution in [0.15, 0.2) is 10.9 Å². The molecule has 26 heavy (non-hydrogen) atoms. The third-order valence-corrected chi connectivity index (χ3v) is 3.84. The fraction of sp³-hybridized carbons (Fsp3) is 0.133. The third kappa shape index (κ3) is 2.70. The molecule has 0 spiro atoms. The molecule has 6 N–H and O–H groups in total. The van der Waals surface area contributed by atoms with Crippen molar-refractivity contribution in [3.8, 4) is 16.9 Å². The van der Waals surface area contributed by atoms with E-state index in [1.54, 1.807) is 0 Å². The average Bonchev–Trinajstić information content (AvgIpc) is 2.49. The zero-order valence-corrected chi connectivity index (χ0v) is 13.5. The van der Waals surface area contributed by atoms with Gasteiger partial charge in [-0.25, -0.2) is 9.59 Å². The number of aryl methyl sites for hydroxylation is 1. The number of nitrogens with zero attached hydrogens (tertiary/aromatic N) is 1. The number of pyridine rings is 1. The van der Waals surface area contributed by atoms with Gasteiger partial charge in [0.05, 0.1) is 4.92 Å². The summed E-state index contributed by atoms with van der Waals surface area (Å²) >= 11 is 0. The first-order valence-electron chi connectivity index (χ1n) is 6.99. The predicted octanol–water partition coefficient (Wildman–Crippen LogP) is 1.25. The number of nitrogens with one attached hydrogen (secondary N) is 1. The van der Waals surface area contributed by atoms with Crippen LogP contribution in [0.3, 0.4) is 0 Å². The lowest BCUT2D eigenvalue weighted by Crippen LogP contribution is -2.24. The van der Waals surface area contributed by atoms with Gasteiger partial charge in [-0.1, -0.05) is 0 Å². The van der Waals surface area contributed by atoms with Crippen LogP contribution in [-0.2, 0) is 0 Å². The Kier molecular flexibility index (Phi) is 4.40. The van der Waals surface area contributed by atoms with Crippen LogP contribution in [0.2, 0.25) is 0 Å². The molecule has 0 unspecified atom stereocenters. The van der Waals surface area contributed by atoms with Crippen molar-refractivity contribution in [2.45, 2.75) is 13.8 Å². The Hall–Kier alpha value is -3.89. The molecule has 1 aromatic carbocycles. The SMILES string of the molecule is Cc1cc([N+](=O)[O-])c(C)c(-c2c(C(=O)O)c(N)[nH]c(=O)c2C(=O)O)c1O. The predicted molar refractivity (Wildman–Crippen MR) is 88.6 cm³/mol. The summed E-state index contributed by atoms with van der Waals surface area (Å²) in [6.45, 7) is 2.50. The van der Waals surface area contributed by atoms with Crippen LogP contribution in [0.25, 0.3) is 11.1 Å². The number of rotatable bonds is 4. The molecule has 0 fully saturated rings. The number of anilines is 1. The maximum absolute atomic E-state index is 12.1. The van der Waals surface area contributed by atoms with Gasteiger partial charge in [-0.05, 0) is 19.4 Å². The molecule has 0 aliphatic heterocycles. The highest BCUT2D eigenvalue weighted by Gasteiger charge is 2.32. The number of benzene rings is 1. The number of nitrogens with two attached hydrogens (primary N) is 1. The second kappa shape index (κ2) is 6.20. The van der Waals surface area contributed by atoms with E-state index in [9.17, 15) is 39.8 Å². The number of hydrogen-bond acceptors (Lipinski definition) is 7. The van der Waals surface area contributed by atoms with Crippen LogP contribution < -0.4 is 11.3 Å². The van der Waals surface area contributed by atoms with Gasteiger partial charge in [0.25, 0.3) is 11.2 Å². The summed E-state index contributed by atoms with van der Waals surface area (Å²) in [7, 11) is 0. The summed E-state index contributed by atoms with van der Waals surface area (Å²) in [5.41, 5.74) is 0.650. The number of aromatic nitrogens is 1. The first-order valence-corrected chi connectivity index (χ1v) is 6.99. The Morgan fingerprint density at radius 3 is 2.15 bits per heavy atom. The maximum atomic E-state index is 12.1. The molecule has 0 saturated heterocycles. The van der Waals surface area contributed by atoms with Crippen molar-refractivity contribution in [3.05, 3.63) is 48.8 Å². The average molecular weight is 363 g/mol. The summed E-state index contributed by atoms with van der Waals surface area (Å²) in [6, 6.07) is 1.05. The van der Waals surface area contributed by atoms with E-state index < -0.39 is 61.9 Å². The van der Waals surface area contributed by atoms with E-state index >= 15 is 0 Å². The summed E-state index contributed by atoms with van der Waals surface area (Å²) in [5, 5.41) is 40.4. The number of nitrogen functional groups attached to an aromatic ring is 1. The van der Waals surface area contributed by atoms with Gasteiger partial charge in [0, 0.05) is 22.8 Å². The van der Waals surface area contributed by atoms with Crippen LogP contribution in [0.1, 0.15) is 31.8 Å². The second-order valence-electron chi connectivity index (χ2n) is 5.42. The van der Waals surface area contributed by atoms with Gasteiger partial charge in [0.15, 0.2) is 0 Å². The van der Waals surface area contributed by atoms with E-state index in [1.807, 2.05) is 4.98 Å². The zero-order valence-electron chi connectivity index (χ0n) is 13.5. The molecule has 0 bridgehead atoms. The highest BCUT2D eigenvalue weighted by atomic mass is 16.6. The van der Waals surface area contributed by atoms with Crippen molar-refractivity contribution in [2.75, 3.05) is 5.73 Å². The number of aromatic amines is 1. The first-order chi connectivity index (χ1) is 12.0. The molecule has 1 aromatic heterocycles. The number of hydrogen-bond donors (Lipinski definition) is 5. The number of H-pyrrole nitrogens is 1. The molecule has 136 valence electrons. The number of carboxylic acids is 2. The minimum atomic E-state index is -1.79. The van der Waals surface area contributed by atoms with Crippen LogP contribution in [0.5, 0.6) is 5.75 Å². The van der Waals surface area contributed by atoms with E-state index in [1.165, 1.54) is 13.8 Å². The van der Waals surface area contributed by atoms with Crippen LogP contribution in [0, 0.1) is 24.0 Å². The largest absolute Gasteiger partial charge is 0.507 e. The van der Waals surface area contributed by atoms with Gasteiger partial charge in [-0.2, -0.15) is 0 Å². The van der Waals surface area contributed by atoms with Crippen molar-refractivity contribution < 1.29 is 29.8 Å². The van der Waals surface area contributed by atoms with Crippen LogP contribution in [-0.4, -0.2) is 37.2 Å². The smallest absolute Gasteiger partial charge is 0.342 e. The quantitative estimate of drug-likeness (QED) is 0.392. The van der Waals surface area contributed by atoms with Crippen LogP contribution in [0.4, 0.5) is 11.5 Å². The number of nitro groups is 1. The van der Waals surface area contributed by atoms with Gasteiger partial charge in [-0.3, -0.25) is 14.9 Å². The number of phenols is 1. The molecular formula is C15H13N3O8. The van der Waals surface area contributed by atoms with Crippen molar-refractivity contribution in [1.29, 1.82) is 0 Å². The summed E-state index contributed by atoms with van der Waals surface area (Å²) in [4.78, 5) is 47.6. The molecule has 11 heteroatoms. The third-order valence-electron chi connectivity index (χ3n) is 3.84. The summed E-state index contributed by atoms with van der Waals surface area (Å²) in [5.74, 6) is -4.71. The highest BCUT2D eigenvalue weighted by Crippen LogP contribution is 2.43. The topological polar surface area (TPSA) is 197 Å². The van der Waals surface area contributed by atoms with E-state index in [2.05, 4.69) is 0 Å². The molecular weight excluding hydrogens is 350 g/mol. The Bertz CT molecular complexity index is 1040. The van der Waals surface area contributed by atoms with Gasteiger partial charge in [0.2, 0.25) is 0 Å². The summed E-state index contributed by atoms with van der Waals surface area (Å²) < 4.78 is 0. The Morgan fingerprint density at radius 2 is 1.69 bits per heavy atom. The molecule has 2 rings (SSSR count). The van der Waals surface area contributed by atoms with Gasteiger partial charge >= 0.3 is 11.9 Å². The van der Waals surface area contributed by atoms with Gasteiger partial charge < -0.3 is 26.0 Å². The van der Waals surface area contributed by atoms with Crippen molar-refractivity contribution in [1.82, 2.24) is 4.98 Å². The fourth-order valence-electron chi connectivity index (χ4n) is 2.68.